The van der Waals surface area contributed by atoms with Gasteiger partial charge in [-0.05, 0) is 49.1 Å². The number of amides is 4. The van der Waals surface area contributed by atoms with E-state index in [0.29, 0.717) is 57.3 Å². The van der Waals surface area contributed by atoms with Crippen LogP contribution in [-0.2, 0) is 21.5 Å². The van der Waals surface area contributed by atoms with Gasteiger partial charge in [0, 0.05) is 48.9 Å². The molecule has 2 saturated heterocycles. The lowest BCUT2D eigenvalue weighted by molar-refractivity contribution is -0.136. The minimum atomic E-state index is -1.14. The highest BCUT2D eigenvalue weighted by atomic mass is 32.1. The van der Waals surface area contributed by atoms with Crippen LogP contribution >= 0.6 is 11.3 Å². The van der Waals surface area contributed by atoms with E-state index in [0.717, 1.165) is 4.88 Å². The Bertz CT molecular complexity index is 970. The standard InChI is InChI=1S/C24H28N4O3S/c1-2-3-8-21(29)27-13-9-18(10-14-27)24(19-6-4-12-25-17-19)22(30)28(23(31)26-24)15-11-20-7-5-16-32-20/h2,4-7,12,16-18H,1,3,8-11,13-15H2,(H,26,31)/t24-/m1/s1. The van der Waals surface area contributed by atoms with E-state index < -0.39 is 5.54 Å². The maximum Gasteiger partial charge on any atom is 0.325 e. The van der Waals surface area contributed by atoms with Gasteiger partial charge >= 0.3 is 6.03 Å². The van der Waals surface area contributed by atoms with Gasteiger partial charge in [0.15, 0.2) is 5.54 Å². The van der Waals surface area contributed by atoms with Crippen molar-refractivity contribution < 1.29 is 14.4 Å². The molecule has 0 aromatic carbocycles. The molecule has 2 aromatic rings. The van der Waals surface area contributed by atoms with Crippen LogP contribution in [0.15, 0.2) is 54.7 Å². The fourth-order valence-corrected chi connectivity index (χ4v) is 5.42. The molecule has 0 aliphatic carbocycles. The molecule has 0 bridgehead atoms. The molecule has 168 valence electrons. The molecule has 0 spiro atoms. The summed E-state index contributed by atoms with van der Waals surface area (Å²) in [7, 11) is 0. The lowest BCUT2D eigenvalue weighted by Gasteiger charge is -2.41. The van der Waals surface area contributed by atoms with Gasteiger partial charge in [-0.25, -0.2) is 4.79 Å². The highest BCUT2D eigenvalue weighted by molar-refractivity contribution is 7.09. The Labute approximate surface area is 192 Å². The minimum Gasteiger partial charge on any atom is -0.343 e. The van der Waals surface area contributed by atoms with Crippen LogP contribution in [0, 0.1) is 5.92 Å². The Morgan fingerprint density at radius 3 is 2.75 bits per heavy atom. The van der Waals surface area contributed by atoms with Crippen LogP contribution < -0.4 is 5.32 Å². The minimum absolute atomic E-state index is 0.109. The van der Waals surface area contributed by atoms with Crippen molar-refractivity contribution >= 4 is 29.2 Å². The number of likely N-dealkylation sites (tertiary alicyclic amines) is 1. The first-order valence-electron chi connectivity index (χ1n) is 11.0. The zero-order valence-corrected chi connectivity index (χ0v) is 18.9. The summed E-state index contributed by atoms with van der Waals surface area (Å²) in [6.45, 7) is 5.16. The molecule has 2 fully saturated rings. The van der Waals surface area contributed by atoms with Crippen molar-refractivity contribution in [2.75, 3.05) is 19.6 Å². The number of aromatic nitrogens is 1. The van der Waals surface area contributed by atoms with Gasteiger partial charge in [-0.15, -0.1) is 17.9 Å². The van der Waals surface area contributed by atoms with Crippen molar-refractivity contribution in [3.8, 4) is 0 Å². The molecule has 2 aromatic heterocycles. The zero-order valence-electron chi connectivity index (χ0n) is 18.0. The topological polar surface area (TPSA) is 82.6 Å². The molecule has 2 aliphatic heterocycles. The third-order valence-electron chi connectivity index (χ3n) is 6.43. The summed E-state index contributed by atoms with van der Waals surface area (Å²) < 4.78 is 0. The van der Waals surface area contributed by atoms with Gasteiger partial charge in [-0.1, -0.05) is 18.2 Å². The summed E-state index contributed by atoms with van der Waals surface area (Å²) in [4.78, 5) is 47.7. The third kappa shape index (κ3) is 4.19. The van der Waals surface area contributed by atoms with Gasteiger partial charge in [0.1, 0.15) is 0 Å². The summed E-state index contributed by atoms with van der Waals surface area (Å²) in [5.74, 6) is -0.222. The van der Waals surface area contributed by atoms with E-state index in [4.69, 9.17) is 0 Å². The quantitative estimate of drug-likeness (QED) is 0.492. The SMILES string of the molecule is C=CCCC(=O)N1CCC([C@]2(c3cccnc3)NC(=O)N(CCc3cccs3)C2=O)CC1. The van der Waals surface area contributed by atoms with Crippen molar-refractivity contribution in [3.63, 3.8) is 0 Å². The Kier molecular flexibility index (Phi) is 6.69. The van der Waals surface area contributed by atoms with Crippen LogP contribution in [0.4, 0.5) is 4.79 Å². The van der Waals surface area contributed by atoms with Crippen molar-refractivity contribution in [1.29, 1.82) is 0 Å². The summed E-state index contributed by atoms with van der Waals surface area (Å²) in [6.07, 6.45) is 8.10. The predicted molar refractivity (Wildman–Crippen MR) is 123 cm³/mol. The number of urea groups is 1. The molecule has 1 atom stereocenters. The van der Waals surface area contributed by atoms with E-state index in [9.17, 15) is 14.4 Å². The van der Waals surface area contributed by atoms with E-state index >= 15 is 0 Å². The number of hydrogen-bond acceptors (Lipinski definition) is 5. The van der Waals surface area contributed by atoms with Crippen LogP contribution in [0.5, 0.6) is 0 Å². The van der Waals surface area contributed by atoms with E-state index in [1.54, 1.807) is 35.9 Å². The van der Waals surface area contributed by atoms with Gasteiger partial charge in [0.25, 0.3) is 5.91 Å². The van der Waals surface area contributed by atoms with Crippen LogP contribution in [0.3, 0.4) is 0 Å². The maximum absolute atomic E-state index is 13.8. The van der Waals surface area contributed by atoms with Crippen LogP contribution in [-0.4, -0.2) is 52.3 Å². The molecule has 32 heavy (non-hydrogen) atoms. The Morgan fingerprint density at radius 2 is 2.09 bits per heavy atom. The molecule has 7 nitrogen and oxygen atoms in total. The van der Waals surface area contributed by atoms with Crippen molar-refractivity contribution in [1.82, 2.24) is 20.1 Å². The number of nitrogens with zero attached hydrogens (tertiary/aromatic N) is 3. The molecule has 4 heterocycles. The molecular formula is C24H28N4O3S. The number of allylic oxidation sites excluding steroid dienone is 1. The second kappa shape index (κ2) is 9.65. The van der Waals surface area contributed by atoms with Gasteiger partial charge in [-0.3, -0.25) is 19.5 Å². The first kappa shape index (κ1) is 22.2. The Balaban J connectivity index is 1.55. The predicted octanol–water partition coefficient (Wildman–Crippen LogP) is 3.34. The summed E-state index contributed by atoms with van der Waals surface area (Å²) in [6, 6.07) is 7.26. The second-order valence-electron chi connectivity index (χ2n) is 8.25. The molecule has 0 unspecified atom stereocenters. The van der Waals surface area contributed by atoms with E-state index in [-0.39, 0.29) is 23.8 Å². The lowest BCUT2D eigenvalue weighted by Crippen LogP contribution is -2.54. The fraction of sp³-hybridized carbons (Fsp3) is 0.417. The number of piperidine rings is 1. The van der Waals surface area contributed by atoms with Crippen molar-refractivity contribution in [2.45, 2.75) is 37.6 Å². The summed E-state index contributed by atoms with van der Waals surface area (Å²) in [5.41, 5.74) is -0.440. The highest BCUT2D eigenvalue weighted by Gasteiger charge is 2.57. The van der Waals surface area contributed by atoms with E-state index in [2.05, 4.69) is 16.9 Å². The average molecular weight is 453 g/mol. The normalized spacial score (nSPS) is 21.6. The molecule has 8 heteroatoms. The van der Waals surface area contributed by atoms with Gasteiger partial charge in [0.2, 0.25) is 5.91 Å². The zero-order chi connectivity index (χ0) is 22.6. The maximum atomic E-state index is 13.8. The number of rotatable bonds is 8. The summed E-state index contributed by atoms with van der Waals surface area (Å²) in [5, 5.41) is 5.04. The monoisotopic (exact) mass is 452 g/mol. The molecule has 0 radical (unpaired) electrons. The molecule has 4 amide bonds. The number of nitrogens with one attached hydrogen (secondary N) is 1. The third-order valence-corrected chi connectivity index (χ3v) is 7.37. The molecule has 1 N–H and O–H groups in total. The lowest BCUT2D eigenvalue weighted by atomic mass is 9.73. The number of carbonyl (C=O) groups excluding carboxylic acids is 3. The second-order valence-corrected chi connectivity index (χ2v) is 9.28. The fourth-order valence-electron chi connectivity index (χ4n) is 4.72. The number of pyridine rings is 1. The molecular weight excluding hydrogens is 424 g/mol. The van der Waals surface area contributed by atoms with Crippen LogP contribution in [0.25, 0.3) is 0 Å². The van der Waals surface area contributed by atoms with Crippen LogP contribution in [0.2, 0.25) is 0 Å². The number of hydrogen-bond donors (Lipinski definition) is 1. The smallest absolute Gasteiger partial charge is 0.325 e. The Morgan fingerprint density at radius 1 is 1.28 bits per heavy atom. The molecule has 0 saturated carbocycles. The summed E-state index contributed by atoms with van der Waals surface area (Å²) >= 11 is 1.62. The first-order valence-corrected chi connectivity index (χ1v) is 11.9. The van der Waals surface area contributed by atoms with Crippen LogP contribution in [0.1, 0.15) is 36.1 Å². The van der Waals surface area contributed by atoms with Crippen molar-refractivity contribution in [2.24, 2.45) is 5.92 Å². The largest absolute Gasteiger partial charge is 0.343 e. The average Bonchev–Trinajstić information content (AvgIpc) is 3.43. The van der Waals surface area contributed by atoms with Gasteiger partial charge in [-0.2, -0.15) is 0 Å². The van der Waals surface area contributed by atoms with Crippen molar-refractivity contribution in [3.05, 3.63) is 65.1 Å². The number of imide groups is 1. The Hall–Kier alpha value is -3.00. The van der Waals surface area contributed by atoms with Gasteiger partial charge < -0.3 is 10.2 Å². The molecule has 2 aliphatic rings. The molecule has 4 rings (SSSR count). The van der Waals surface area contributed by atoms with Gasteiger partial charge in [0.05, 0.1) is 0 Å². The number of carbonyl (C=O) groups is 3. The van der Waals surface area contributed by atoms with E-state index in [1.165, 1.54) is 4.90 Å². The highest BCUT2D eigenvalue weighted by Crippen LogP contribution is 2.41. The number of thiophene rings is 1. The van der Waals surface area contributed by atoms with E-state index in [1.807, 2.05) is 28.5 Å². The first-order chi connectivity index (χ1) is 15.6.